The van der Waals surface area contributed by atoms with Crippen LogP contribution in [0, 0.1) is 5.92 Å². The molecule has 0 radical (unpaired) electrons. The Balaban J connectivity index is 1.63. The van der Waals surface area contributed by atoms with Gasteiger partial charge in [-0.05, 0) is 43.4 Å². The molecule has 1 aromatic carbocycles. The number of hydrogen-bond donors (Lipinski definition) is 2. The zero-order valence-electron chi connectivity index (χ0n) is 12.9. The van der Waals surface area contributed by atoms with Crippen molar-refractivity contribution in [3.05, 3.63) is 29.3 Å². The van der Waals surface area contributed by atoms with Gasteiger partial charge in [0.05, 0.1) is 5.92 Å². The largest absolute Gasteiger partial charge is 0.481 e. The average molecular weight is 316 g/mol. The van der Waals surface area contributed by atoms with Gasteiger partial charge in [-0.15, -0.1) is 0 Å². The van der Waals surface area contributed by atoms with Crippen molar-refractivity contribution in [3.63, 3.8) is 0 Å². The molecule has 0 atom stereocenters. The van der Waals surface area contributed by atoms with Gasteiger partial charge in [-0.3, -0.25) is 9.59 Å². The summed E-state index contributed by atoms with van der Waals surface area (Å²) in [5.41, 5.74) is 2.37. The molecule has 23 heavy (non-hydrogen) atoms. The number of ketones is 1. The maximum Gasteiger partial charge on any atom is 0.321 e. The van der Waals surface area contributed by atoms with Crippen LogP contribution < -0.4 is 5.32 Å². The molecule has 0 bridgehead atoms. The number of likely N-dealkylation sites (tertiary alicyclic amines) is 1. The highest BCUT2D eigenvalue weighted by atomic mass is 16.4. The summed E-state index contributed by atoms with van der Waals surface area (Å²) in [4.78, 5) is 36.8. The van der Waals surface area contributed by atoms with Crippen molar-refractivity contribution in [2.24, 2.45) is 5.92 Å². The first-order valence-electron chi connectivity index (χ1n) is 7.99. The molecule has 1 aliphatic carbocycles. The number of aliphatic carboxylic acids is 1. The molecule has 1 heterocycles. The van der Waals surface area contributed by atoms with Crippen molar-refractivity contribution in [2.45, 2.75) is 32.1 Å². The molecule has 122 valence electrons. The van der Waals surface area contributed by atoms with E-state index in [1.54, 1.807) is 11.0 Å². The molecule has 0 unspecified atom stereocenters. The van der Waals surface area contributed by atoms with Crippen LogP contribution in [0.15, 0.2) is 18.2 Å². The number of benzene rings is 1. The Morgan fingerprint density at radius 3 is 2.61 bits per heavy atom. The highest BCUT2D eigenvalue weighted by Gasteiger charge is 2.27. The van der Waals surface area contributed by atoms with E-state index in [0.717, 1.165) is 18.4 Å². The monoisotopic (exact) mass is 316 g/mol. The summed E-state index contributed by atoms with van der Waals surface area (Å²) in [7, 11) is 0. The van der Waals surface area contributed by atoms with Gasteiger partial charge in [0, 0.05) is 30.8 Å². The third-order valence-electron chi connectivity index (χ3n) is 4.64. The number of amides is 2. The SMILES string of the molecule is O=C1CCCc2ccc(NC(=O)N3CCC(C(=O)O)CC3)cc21. The molecule has 1 fully saturated rings. The molecule has 6 heteroatoms. The molecule has 0 aromatic heterocycles. The van der Waals surface area contributed by atoms with Gasteiger partial charge in [-0.1, -0.05) is 6.07 Å². The number of rotatable bonds is 2. The lowest BCUT2D eigenvalue weighted by molar-refractivity contribution is -0.143. The first-order chi connectivity index (χ1) is 11.0. The molecule has 1 aliphatic heterocycles. The van der Waals surface area contributed by atoms with E-state index in [-0.39, 0.29) is 17.7 Å². The lowest BCUT2D eigenvalue weighted by Gasteiger charge is -2.30. The molecule has 2 amide bonds. The number of carbonyl (C=O) groups is 3. The van der Waals surface area contributed by atoms with E-state index in [4.69, 9.17) is 5.11 Å². The van der Waals surface area contributed by atoms with Crippen molar-refractivity contribution >= 4 is 23.5 Å². The number of nitrogens with one attached hydrogen (secondary N) is 1. The Labute approximate surface area is 134 Å². The van der Waals surface area contributed by atoms with Gasteiger partial charge in [-0.25, -0.2) is 4.79 Å². The van der Waals surface area contributed by atoms with Crippen LogP contribution >= 0.6 is 0 Å². The summed E-state index contributed by atoms with van der Waals surface area (Å²) in [6.07, 6.45) is 3.30. The van der Waals surface area contributed by atoms with Gasteiger partial charge in [0.2, 0.25) is 0 Å². The summed E-state index contributed by atoms with van der Waals surface area (Å²) in [5.74, 6) is -1.02. The third kappa shape index (κ3) is 3.36. The Hall–Kier alpha value is -2.37. The Bertz CT molecular complexity index is 648. The maximum atomic E-state index is 12.3. The molecular formula is C17H20N2O4. The van der Waals surface area contributed by atoms with Gasteiger partial charge in [-0.2, -0.15) is 0 Å². The zero-order valence-corrected chi connectivity index (χ0v) is 12.9. The molecule has 2 aliphatic rings. The first kappa shape index (κ1) is 15.5. The van der Waals surface area contributed by atoms with Crippen molar-refractivity contribution in [1.82, 2.24) is 4.90 Å². The second-order valence-corrected chi connectivity index (χ2v) is 6.18. The number of carbonyl (C=O) groups excluding carboxylic acids is 2. The van der Waals surface area contributed by atoms with Crippen LogP contribution in [-0.4, -0.2) is 40.9 Å². The first-order valence-corrected chi connectivity index (χ1v) is 7.99. The van der Waals surface area contributed by atoms with E-state index in [1.807, 2.05) is 12.1 Å². The number of anilines is 1. The summed E-state index contributed by atoms with van der Waals surface area (Å²) in [6, 6.07) is 5.23. The fraction of sp³-hybridized carbons (Fsp3) is 0.471. The topological polar surface area (TPSA) is 86.7 Å². The number of fused-ring (bicyclic) bond motifs is 1. The predicted octanol–water partition coefficient (Wildman–Crippen LogP) is 2.53. The minimum atomic E-state index is -0.793. The Kier molecular flexibility index (Phi) is 4.32. The molecule has 1 saturated heterocycles. The fourth-order valence-electron chi connectivity index (χ4n) is 3.24. The van der Waals surface area contributed by atoms with Gasteiger partial charge >= 0.3 is 12.0 Å². The quantitative estimate of drug-likeness (QED) is 0.878. The van der Waals surface area contributed by atoms with Gasteiger partial charge < -0.3 is 15.3 Å². The predicted molar refractivity (Wildman–Crippen MR) is 84.7 cm³/mol. The van der Waals surface area contributed by atoms with Crippen molar-refractivity contribution < 1.29 is 19.5 Å². The highest BCUT2D eigenvalue weighted by molar-refractivity contribution is 6.00. The molecule has 2 N–H and O–H groups in total. The number of nitrogens with zero attached hydrogens (tertiary/aromatic N) is 1. The number of aryl methyl sites for hydroxylation is 1. The van der Waals surface area contributed by atoms with E-state index in [1.165, 1.54) is 0 Å². The van der Waals surface area contributed by atoms with Gasteiger partial charge in [0.1, 0.15) is 0 Å². The van der Waals surface area contributed by atoms with Crippen LogP contribution in [0.2, 0.25) is 0 Å². The van der Waals surface area contributed by atoms with Crippen LogP contribution in [-0.2, 0) is 11.2 Å². The van der Waals surface area contributed by atoms with Crippen LogP contribution in [0.1, 0.15) is 41.6 Å². The van der Waals surface area contributed by atoms with Crippen molar-refractivity contribution in [3.8, 4) is 0 Å². The molecular weight excluding hydrogens is 296 g/mol. The van der Waals surface area contributed by atoms with Crippen LogP contribution in [0.4, 0.5) is 10.5 Å². The van der Waals surface area contributed by atoms with Crippen molar-refractivity contribution in [2.75, 3.05) is 18.4 Å². The number of carboxylic acid groups (broad SMARTS) is 1. The smallest absolute Gasteiger partial charge is 0.321 e. The molecule has 0 spiro atoms. The van der Waals surface area contributed by atoms with Gasteiger partial charge in [0.25, 0.3) is 0 Å². The number of carboxylic acids is 1. The van der Waals surface area contributed by atoms with Gasteiger partial charge in [0.15, 0.2) is 5.78 Å². The van der Waals surface area contributed by atoms with Crippen LogP contribution in [0.3, 0.4) is 0 Å². The van der Waals surface area contributed by atoms with E-state index in [9.17, 15) is 14.4 Å². The van der Waals surface area contributed by atoms with Crippen LogP contribution in [0.25, 0.3) is 0 Å². The number of urea groups is 1. The lowest BCUT2D eigenvalue weighted by atomic mass is 9.90. The standard InChI is InChI=1S/C17H20N2O4/c20-15-3-1-2-11-4-5-13(10-14(11)15)18-17(23)19-8-6-12(7-9-19)16(21)22/h4-5,10,12H,1-3,6-9H2,(H,18,23)(H,21,22). The molecule has 1 aromatic rings. The molecule has 0 saturated carbocycles. The summed E-state index contributed by atoms with van der Waals surface area (Å²) in [5, 5.41) is 11.8. The fourth-order valence-corrected chi connectivity index (χ4v) is 3.24. The Morgan fingerprint density at radius 1 is 1.17 bits per heavy atom. The average Bonchev–Trinajstić information content (AvgIpc) is 2.55. The zero-order chi connectivity index (χ0) is 16.4. The lowest BCUT2D eigenvalue weighted by Crippen LogP contribution is -2.42. The molecule has 3 rings (SSSR count). The van der Waals surface area contributed by atoms with Crippen LogP contribution in [0.5, 0.6) is 0 Å². The number of piperidine rings is 1. The van der Waals surface area contributed by atoms with Crippen molar-refractivity contribution in [1.29, 1.82) is 0 Å². The van der Waals surface area contributed by atoms with E-state index in [0.29, 0.717) is 43.6 Å². The molecule has 6 nitrogen and oxygen atoms in total. The van der Waals surface area contributed by atoms with E-state index in [2.05, 4.69) is 5.32 Å². The third-order valence-corrected chi connectivity index (χ3v) is 4.64. The van der Waals surface area contributed by atoms with E-state index < -0.39 is 5.97 Å². The minimum Gasteiger partial charge on any atom is -0.481 e. The number of hydrogen-bond acceptors (Lipinski definition) is 3. The second kappa shape index (κ2) is 6.40. The second-order valence-electron chi connectivity index (χ2n) is 6.18. The Morgan fingerprint density at radius 2 is 1.91 bits per heavy atom. The summed E-state index contributed by atoms with van der Waals surface area (Å²) < 4.78 is 0. The normalized spacial score (nSPS) is 18.4. The maximum absolute atomic E-state index is 12.3. The minimum absolute atomic E-state index is 0.129. The number of Topliss-reactive ketones (excluding diaryl/α,β-unsaturated/α-hetero) is 1. The van der Waals surface area contributed by atoms with E-state index >= 15 is 0 Å². The summed E-state index contributed by atoms with van der Waals surface area (Å²) in [6.45, 7) is 0.874. The summed E-state index contributed by atoms with van der Waals surface area (Å²) >= 11 is 0. The highest BCUT2D eigenvalue weighted by Crippen LogP contribution is 2.25.